The highest BCUT2D eigenvalue weighted by Crippen LogP contribution is 2.24. The van der Waals surface area contributed by atoms with Gasteiger partial charge in [-0.1, -0.05) is 0 Å². The number of halogens is 1. The van der Waals surface area contributed by atoms with Gasteiger partial charge in [0, 0.05) is 12.8 Å². The second-order valence-corrected chi connectivity index (χ2v) is 5.35. The van der Waals surface area contributed by atoms with Crippen LogP contribution in [0.1, 0.15) is 25.5 Å². The summed E-state index contributed by atoms with van der Waals surface area (Å²) in [5, 5.41) is 4.78. The summed E-state index contributed by atoms with van der Waals surface area (Å²) in [5.74, 6) is 0.0293. The fraction of sp³-hybridized carbons (Fsp3) is 0.462. The summed E-state index contributed by atoms with van der Waals surface area (Å²) >= 11 is 1.25. The molecule has 1 saturated heterocycles. The van der Waals surface area contributed by atoms with E-state index < -0.39 is 5.82 Å². The zero-order chi connectivity index (χ0) is 13.9. The molecule has 1 fully saturated rings. The summed E-state index contributed by atoms with van der Waals surface area (Å²) in [4.78, 5) is 8.18. The quantitative estimate of drug-likeness (QED) is 0.643. The van der Waals surface area contributed by atoms with Crippen LogP contribution in [-0.2, 0) is 4.74 Å². The van der Waals surface area contributed by atoms with E-state index in [-0.39, 0.29) is 6.23 Å². The van der Waals surface area contributed by atoms with E-state index in [0.29, 0.717) is 16.5 Å². The van der Waals surface area contributed by atoms with Crippen LogP contribution in [-0.4, -0.2) is 32.6 Å². The molecule has 0 radical (unpaired) electrons. The van der Waals surface area contributed by atoms with E-state index >= 15 is 0 Å². The third-order valence-electron chi connectivity index (χ3n) is 3.19. The van der Waals surface area contributed by atoms with E-state index in [1.807, 2.05) is 12.3 Å². The topological polar surface area (TPSA) is 52.8 Å². The molecule has 0 N–H and O–H groups in total. The van der Waals surface area contributed by atoms with Gasteiger partial charge in [-0.2, -0.15) is 5.10 Å². The first-order valence-corrected chi connectivity index (χ1v) is 7.74. The first kappa shape index (κ1) is 13.5. The molecule has 3 heterocycles. The van der Waals surface area contributed by atoms with Gasteiger partial charge < -0.3 is 4.74 Å². The molecule has 0 spiro atoms. The molecule has 5 nitrogen and oxygen atoms in total. The fourth-order valence-corrected chi connectivity index (χ4v) is 2.59. The molecule has 1 aliphatic heterocycles. The molecule has 20 heavy (non-hydrogen) atoms. The van der Waals surface area contributed by atoms with Crippen molar-refractivity contribution in [1.82, 2.24) is 19.7 Å². The van der Waals surface area contributed by atoms with Crippen molar-refractivity contribution in [2.75, 3.05) is 12.9 Å². The zero-order valence-electron chi connectivity index (χ0n) is 11.1. The maximum atomic E-state index is 13.4. The monoisotopic (exact) mass is 294 g/mol. The van der Waals surface area contributed by atoms with Gasteiger partial charge in [0.1, 0.15) is 16.9 Å². The van der Waals surface area contributed by atoms with E-state index in [1.165, 1.54) is 18.0 Å². The first-order chi connectivity index (χ1) is 9.78. The lowest BCUT2D eigenvalue weighted by atomic mass is 10.2. The molecule has 0 aromatic carbocycles. The predicted molar refractivity (Wildman–Crippen MR) is 73.8 cm³/mol. The molecule has 2 aromatic rings. The Hall–Kier alpha value is -1.47. The van der Waals surface area contributed by atoms with Crippen LogP contribution in [0.3, 0.4) is 0 Å². The molecule has 106 valence electrons. The van der Waals surface area contributed by atoms with Crippen LogP contribution < -0.4 is 0 Å². The summed E-state index contributed by atoms with van der Waals surface area (Å²) < 4.78 is 20.9. The van der Waals surface area contributed by atoms with Crippen molar-refractivity contribution >= 4 is 11.8 Å². The Labute approximate surface area is 120 Å². The Balaban J connectivity index is 1.85. The maximum absolute atomic E-state index is 13.4. The minimum atomic E-state index is -0.406. The number of hydrogen-bond donors (Lipinski definition) is 0. The van der Waals surface area contributed by atoms with Crippen molar-refractivity contribution in [2.24, 2.45) is 0 Å². The Morgan fingerprint density at radius 3 is 3.10 bits per heavy atom. The second kappa shape index (κ2) is 5.88. The van der Waals surface area contributed by atoms with Gasteiger partial charge in [-0.15, -0.1) is 11.8 Å². The summed E-state index contributed by atoms with van der Waals surface area (Å²) in [6.45, 7) is 0.767. The molecule has 2 aromatic heterocycles. The van der Waals surface area contributed by atoms with E-state index in [1.54, 1.807) is 10.9 Å². The van der Waals surface area contributed by atoms with Crippen LogP contribution >= 0.6 is 11.8 Å². The minimum Gasteiger partial charge on any atom is -0.357 e. The third kappa shape index (κ3) is 2.69. The standard InChI is InChI=1S/C13H15FN4OS/c1-20-13-9(14)8-15-12(16-13)10-5-6-18(17-10)11-4-2-3-7-19-11/h5-6,8,11H,2-4,7H2,1H3. The van der Waals surface area contributed by atoms with Crippen LogP contribution in [0.5, 0.6) is 0 Å². The number of aromatic nitrogens is 4. The highest BCUT2D eigenvalue weighted by atomic mass is 32.2. The van der Waals surface area contributed by atoms with Gasteiger partial charge in [0.15, 0.2) is 11.6 Å². The molecule has 0 amide bonds. The van der Waals surface area contributed by atoms with Crippen molar-refractivity contribution < 1.29 is 9.13 Å². The number of nitrogens with zero attached hydrogens (tertiary/aromatic N) is 4. The molecular formula is C13H15FN4OS. The Kier molecular flexibility index (Phi) is 3.98. The Bertz CT molecular complexity index is 598. The first-order valence-electron chi connectivity index (χ1n) is 6.51. The Morgan fingerprint density at radius 1 is 1.45 bits per heavy atom. The third-order valence-corrected chi connectivity index (χ3v) is 3.87. The predicted octanol–water partition coefficient (Wildman–Crippen LogP) is 2.90. The molecule has 0 aliphatic carbocycles. The summed E-state index contributed by atoms with van der Waals surface area (Å²) in [7, 11) is 0. The van der Waals surface area contributed by atoms with Crippen LogP contribution in [0.4, 0.5) is 4.39 Å². The van der Waals surface area contributed by atoms with Crippen molar-refractivity contribution in [3.63, 3.8) is 0 Å². The lowest BCUT2D eigenvalue weighted by Crippen LogP contribution is -2.18. The van der Waals surface area contributed by atoms with Crippen molar-refractivity contribution in [1.29, 1.82) is 0 Å². The van der Waals surface area contributed by atoms with Gasteiger partial charge in [0.05, 0.1) is 6.20 Å². The van der Waals surface area contributed by atoms with Gasteiger partial charge in [0.25, 0.3) is 0 Å². The molecule has 1 aliphatic rings. The van der Waals surface area contributed by atoms with Gasteiger partial charge in [-0.05, 0) is 31.6 Å². The average Bonchev–Trinajstić information content (AvgIpc) is 2.98. The SMILES string of the molecule is CSc1nc(-c2ccn(C3CCCCO3)n2)ncc1F. The average molecular weight is 294 g/mol. The number of rotatable bonds is 3. The summed E-state index contributed by atoms with van der Waals surface area (Å²) in [6.07, 6.45) is 8.01. The molecule has 1 atom stereocenters. The number of hydrogen-bond acceptors (Lipinski definition) is 5. The Morgan fingerprint density at radius 2 is 2.35 bits per heavy atom. The van der Waals surface area contributed by atoms with E-state index in [9.17, 15) is 4.39 Å². The highest BCUT2D eigenvalue weighted by Gasteiger charge is 2.18. The molecule has 3 rings (SSSR count). The summed E-state index contributed by atoms with van der Waals surface area (Å²) in [5.41, 5.74) is 0.634. The van der Waals surface area contributed by atoms with Gasteiger partial charge in [-0.3, -0.25) is 0 Å². The fourth-order valence-electron chi connectivity index (χ4n) is 2.17. The largest absolute Gasteiger partial charge is 0.357 e. The minimum absolute atomic E-state index is 0.0158. The van der Waals surface area contributed by atoms with Crippen molar-refractivity contribution in [2.45, 2.75) is 30.5 Å². The van der Waals surface area contributed by atoms with Gasteiger partial charge in [0.2, 0.25) is 0 Å². The van der Waals surface area contributed by atoms with Crippen LogP contribution in [0.15, 0.2) is 23.5 Å². The molecule has 0 bridgehead atoms. The lowest BCUT2D eigenvalue weighted by Gasteiger charge is -2.22. The van der Waals surface area contributed by atoms with Crippen molar-refractivity contribution in [3.8, 4) is 11.5 Å². The van der Waals surface area contributed by atoms with Crippen LogP contribution in [0.2, 0.25) is 0 Å². The molecule has 1 unspecified atom stereocenters. The normalized spacial score (nSPS) is 19.2. The summed E-state index contributed by atoms with van der Waals surface area (Å²) in [6, 6.07) is 1.83. The molecule has 7 heteroatoms. The molecule has 0 saturated carbocycles. The van der Waals surface area contributed by atoms with E-state index in [0.717, 1.165) is 25.9 Å². The van der Waals surface area contributed by atoms with Gasteiger partial charge in [-0.25, -0.2) is 19.0 Å². The van der Waals surface area contributed by atoms with Crippen LogP contribution in [0.25, 0.3) is 11.5 Å². The molecular weight excluding hydrogens is 279 g/mol. The number of ether oxygens (including phenoxy) is 1. The lowest BCUT2D eigenvalue weighted by molar-refractivity contribution is -0.0393. The van der Waals surface area contributed by atoms with E-state index in [4.69, 9.17) is 4.74 Å². The van der Waals surface area contributed by atoms with Gasteiger partial charge >= 0.3 is 0 Å². The van der Waals surface area contributed by atoms with Crippen LogP contribution in [0, 0.1) is 5.82 Å². The van der Waals surface area contributed by atoms with Crippen molar-refractivity contribution in [3.05, 3.63) is 24.3 Å². The second-order valence-electron chi connectivity index (χ2n) is 4.55. The highest BCUT2D eigenvalue weighted by molar-refractivity contribution is 7.98. The zero-order valence-corrected chi connectivity index (χ0v) is 11.9. The maximum Gasteiger partial charge on any atom is 0.181 e. The number of thioether (sulfide) groups is 1. The van der Waals surface area contributed by atoms with E-state index in [2.05, 4.69) is 15.1 Å². The smallest absolute Gasteiger partial charge is 0.181 e.